The Kier molecular flexibility index (Phi) is 6.97. The molecule has 29 heavy (non-hydrogen) atoms. The molecule has 10 heteroatoms. The van der Waals surface area contributed by atoms with Gasteiger partial charge in [-0.05, 0) is 18.2 Å². The third kappa shape index (κ3) is 5.14. The summed E-state index contributed by atoms with van der Waals surface area (Å²) in [5.74, 6) is 0.383. The Balaban J connectivity index is 2.23. The number of ether oxygens (including phenoxy) is 3. The van der Waals surface area contributed by atoms with Crippen LogP contribution in [0.2, 0.25) is 0 Å². The van der Waals surface area contributed by atoms with Gasteiger partial charge in [0.05, 0.1) is 43.7 Å². The molecule has 0 bridgehead atoms. The summed E-state index contributed by atoms with van der Waals surface area (Å²) >= 11 is 0. The lowest BCUT2D eigenvalue weighted by Crippen LogP contribution is -2.15. The van der Waals surface area contributed by atoms with Gasteiger partial charge in [0, 0.05) is 18.3 Å². The zero-order chi connectivity index (χ0) is 21.4. The second-order valence-electron chi connectivity index (χ2n) is 5.48. The smallest absolute Gasteiger partial charge is 0.273 e. The lowest BCUT2D eigenvalue weighted by Gasteiger charge is -2.12. The number of nitrogens with one attached hydrogen (secondary N) is 2. The number of nitro benzene ring substituents is 1. The van der Waals surface area contributed by atoms with Crippen molar-refractivity contribution in [3.8, 4) is 23.3 Å². The first kappa shape index (κ1) is 21.0. The largest absolute Gasteiger partial charge is 0.497 e. The maximum Gasteiger partial charge on any atom is 0.273 e. The van der Waals surface area contributed by atoms with Crippen LogP contribution in [0.3, 0.4) is 0 Å². The van der Waals surface area contributed by atoms with Crippen LogP contribution in [-0.4, -0.2) is 32.2 Å². The highest BCUT2D eigenvalue weighted by atomic mass is 16.6. The standard InChI is InChI=1S/C19H18N4O6/c1-27-14-5-7-17(28-2)16(9-14)22-19(24)12(10-20)11-21-15-6-4-13(23(25)26)8-18(15)29-3/h4-9,11,21H,1-3H3,(H,22,24)/b12-11-. The zero-order valence-corrected chi connectivity index (χ0v) is 15.9. The first-order valence-corrected chi connectivity index (χ1v) is 8.16. The second kappa shape index (κ2) is 9.61. The number of anilines is 2. The summed E-state index contributed by atoms with van der Waals surface area (Å²) < 4.78 is 15.4. The van der Waals surface area contributed by atoms with Crippen molar-refractivity contribution in [1.29, 1.82) is 5.26 Å². The summed E-state index contributed by atoms with van der Waals surface area (Å²) in [6.45, 7) is 0. The number of methoxy groups -OCH3 is 3. The molecular formula is C19H18N4O6. The van der Waals surface area contributed by atoms with E-state index in [0.717, 1.165) is 0 Å². The topological polar surface area (TPSA) is 136 Å². The van der Waals surface area contributed by atoms with Crippen molar-refractivity contribution in [1.82, 2.24) is 0 Å². The molecule has 0 aromatic heterocycles. The van der Waals surface area contributed by atoms with Gasteiger partial charge in [0.2, 0.25) is 0 Å². The van der Waals surface area contributed by atoms with Crippen LogP contribution in [0.15, 0.2) is 48.2 Å². The summed E-state index contributed by atoms with van der Waals surface area (Å²) in [6.07, 6.45) is 1.17. The van der Waals surface area contributed by atoms with Gasteiger partial charge >= 0.3 is 0 Å². The molecule has 0 fully saturated rings. The minimum absolute atomic E-state index is 0.153. The fourth-order valence-electron chi connectivity index (χ4n) is 2.31. The molecule has 150 valence electrons. The van der Waals surface area contributed by atoms with Gasteiger partial charge in [-0.15, -0.1) is 0 Å². The van der Waals surface area contributed by atoms with Crippen molar-refractivity contribution in [2.75, 3.05) is 32.0 Å². The number of carbonyl (C=O) groups excluding carboxylic acids is 1. The predicted molar refractivity (Wildman–Crippen MR) is 105 cm³/mol. The number of nitriles is 1. The predicted octanol–water partition coefficient (Wildman–Crippen LogP) is 3.08. The Morgan fingerprint density at radius 1 is 1.07 bits per heavy atom. The van der Waals surface area contributed by atoms with Gasteiger partial charge in [-0.2, -0.15) is 5.26 Å². The van der Waals surface area contributed by atoms with E-state index in [4.69, 9.17) is 14.2 Å². The Bertz CT molecular complexity index is 997. The molecule has 0 aliphatic heterocycles. The summed E-state index contributed by atoms with van der Waals surface area (Å²) in [4.78, 5) is 22.8. The number of hydrogen-bond acceptors (Lipinski definition) is 8. The van der Waals surface area contributed by atoms with Gasteiger partial charge in [-0.1, -0.05) is 0 Å². The highest BCUT2D eigenvalue weighted by molar-refractivity contribution is 6.07. The molecule has 0 saturated carbocycles. The van der Waals surface area contributed by atoms with E-state index in [1.165, 1.54) is 45.7 Å². The van der Waals surface area contributed by atoms with E-state index in [1.807, 2.05) is 0 Å². The molecule has 2 aromatic carbocycles. The van der Waals surface area contributed by atoms with Gasteiger partial charge < -0.3 is 24.8 Å². The molecule has 0 saturated heterocycles. The maximum atomic E-state index is 12.5. The van der Waals surface area contributed by atoms with E-state index in [9.17, 15) is 20.2 Å². The van der Waals surface area contributed by atoms with Crippen LogP contribution in [0.1, 0.15) is 0 Å². The summed E-state index contributed by atoms with van der Waals surface area (Å²) in [7, 11) is 4.28. The Hall–Kier alpha value is -4.26. The molecule has 10 nitrogen and oxygen atoms in total. The molecular weight excluding hydrogens is 380 g/mol. The van der Waals surface area contributed by atoms with E-state index >= 15 is 0 Å². The number of amides is 1. The third-order valence-electron chi connectivity index (χ3n) is 3.79. The fraction of sp³-hybridized carbons (Fsp3) is 0.158. The first-order valence-electron chi connectivity index (χ1n) is 8.16. The number of rotatable bonds is 8. The number of nitro groups is 1. The Labute approximate surface area is 166 Å². The molecule has 0 heterocycles. The van der Waals surface area contributed by atoms with E-state index in [0.29, 0.717) is 22.9 Å². The van der Waals surface area contributed by atoms with E-state index in [1.54, 1.807) is 24.3 Å². The van der Waals surface area contributed by atoms with Crippen molar-refractivity contribution in [3.05, 3.63) is 58.3 Å². The average Bonchev–Trinajstić information content (AvgIpc) is 2.73. The SMILES string of the molecule is COc1ccc(OC)c(NC(=O)/C(C#N)=C\Nc2ccc([N+](=O)[O-])cc2OC)c1. The quantitative estimate of drug-likeness (QED) is 0.300. The van der Waals surface area contributed by atoms with Crippen molar-refractivity contribution in [2.24, 2.45) is 0 Å². The monoisotopic (exact) mass is 398 g/mol. The van der Waals surface area contributed by atoms with Gasteiger partial charge in [0.1, 0.15) is 28.9 Å². The van der Waals surface area contributed by atoms with Crippen molar-refractivity contribution in [3.63, 3.8) is 0 Å². The molecule has 2 rings (SSSR count). The number of hydrogen-bond donors (Lipinski definition) is 2. The summed E-state index contributed by atoms with van der Waals surface area (Å²) in [5, 5.41) is 25.5. The van der Waals surface area contributed by atoms with E-state index in [2.05, 4.69) is 10.6 Å². The summed E-state index contributed by atoms with van der Waals surface area (Å²) in [6, 6.07) is 10.5. The number of non-ortho nitro benzene ring substituents is 1. The first-order chi connectivity index (χ1) is 13.9. The molecule has 0 aliphatic carbocycles. The van der Waals surface area contributed by atoms with E-state index < -0.39 is 10.8 Å². The lowest BCUT2D eigenvalue weighted by atomic mass is 10.2. The van der Waals surface area contributed by atoms with Crippen LogP contribution < -0.4 is 24.8 Å². The molecule has 0 atom stereocenters. The van der Waals surface area contributed by atoms with Crippen LogP contribution in [0.25, 0.3) is 0 Å². The fourth-order valence-corrected chi connectivity index (χ4v) is 2.31. The molecule has 0 unspecified atom stereocenters. The minimum atomic E-state index is -0.688. The normalized spacial score (nSPS) is 10.5. The molecule has 0 aliphatic rings. The van der Waals surface area contributed by atoms with Gasteiger partial charge in [-0.3, -0.25) is 14.9 Å². The van der Waals surface area contributed by atoms with E-state index in [-0.39, 0.29) is 17.0 Å². The zero-order valence-electron chi connectivity index (χ0n) is 15.9. The number of carbonyl (C=O) groups is 1. The van der Waals surface area contributed by atoms with Gasteiger partial charge in [0.25, 0.3) is 11.6 Å². The Morgan fingerprint density at radius 2 is 1.79 bits per heavy atom. The van der Waals surface area contributed by atoms with Gasteiger partial charge in [0.15, 0.2) is 0 Å². The highest BCUT2D eigenvalue weighted by Crippen LogP contribution is 2.30. The maximum absolute atomic E-state index is 12.5. The second-order valence-corrected chi connectivity index (χ2v) is 5.48. The molecule has 1 amide bonds. The lowest BCUT2D eigenvalue weighted by molar-refractivity contribution is -0.384. The van der Waals surface area contributed by atoms with Crippen molar-refractivity contribution in [2.45, 2.75) is 0 Å². The van der Waals surface area contributed by atoms with Crippen LogP contribution >= 0.6 is 0 Å². The molecule has 2 N–H and O–H groups in total. The Morgan fingerprint density at radius 3 is 2.38 bits per heavy atom. The molecule has 2 aromatic rings. The third-order valence-corrected chi connectivity index (χ3v) is 3.79. The molecule has 0 spiro atoms. The molecule has 0 radical (unpaired) electrons. The van der Waals surface area contributed by atoms with Crippen LogP contribution in [0, 0.1) is 21.4 Å². The van der Waals surface area contributed by atoms with Crippen LogP contribution in [0.5, 0.6) is 17.2 Å². The highest BCUT2D eigenvalue weighted by Gasteiger charge is 2.15. The van der Waals surface area contributed by atoms with Crippen LogP contribution in [-0.2, 0) is 4.79 Å². The summed E-state index contributed by atoms with van der Waals surface area (Å²) in [5.41, 5.74) is 0.276. The van der Waals surface area contributed by atoms with Crippen molar-refractivity contribution < 1.29 is 23.9 Å². The van der Waals surface area contributed by atoms with Crippen LogP contribution in [0.4, 0.5) is 17.1 Å². The number of benzene rings is 2. The average molecular weight is 398 g/mol. The van der Waals surface area contributed by atoms with Crippen molar-refractivity contribution >= 4 is 23.0 Å². The minimum Gasteiger partial charge on any atom is -0.497 e. The van der Waals surface area contributed by atoms with Gasteiger partial charge in [-0.25, -0.2) is 0 Å². The number of nitrogens with zero attached hydrogens (tertiary/aromatic N) is 2.